The predicted molar refractivity (Wildman–Crippen MR) is 136 cm³/mol. The standard InChI is InChI=1S/C26H41F4N3O5S/c1-16(34)31-14-21-15-33(25(35)38-21)20-8-11-23(24(27)12-20)18-4-2-17(3-5-18)13-32-39(36,37)22-9-6-19(7-10-22)26(28,29)30/h17-24,32H,2-15H2,1H3,(H,31,34)/t17?,18?,19?,20?,21-,22?,23?,24?/m0/s1. The lowest BCUT2D eigenvalue weighted by atomic mass is 9.69. The number of halogens is 4. The SMILES string of the molecule is CC(=O)NC[C@H]1CN(C2CCC(C3CCC(CNS(=O)(=O)C4CCC(C(F)(F)F)CC4)CC3)C(F)C2)C(=O)O1. The van der Waals surface area contributed by atoms with Crippen LogP contribution >= 0.6 is 0 Å². The van der Waals surface area contributed by atoms with Gasteiger partial charge in [0.25, 0.3) is 0 Å². The van der Waals surface area contributed by atoms with Gasteiger partial charge in [-0.25, -0.2) is 22.3 Å². The first-order valence-electron chi connectivity index (χ1n) is 14.2. The van der Waals surface area contributed by atoms with Crippen molar-refractivity contribution >= 4 is 22.0 Å². The summed E-state index contributed by atoms with van der Waals surface area (Å²) in [5.41, 5.74) is 0. The highest BCUT2D eigenvalue weighted by Gasteiger charge is 2.45. The summed E-state index contributed by atoms with van der Waals surface area (Å²) in [7, 11) is -3.67. The number of hydrogen-bond donors (Lipinski definition) is 2. The van der Waals surface area contributed by atoms with Crippen molar-refractivity contribution in [2.45, 2.75) is 107 Å². The first kappa shape index (κ1) is 30.3. The molecule has 4 atom stereocenters. The van der Waals surface area contributed by atoms with E-state index in [-0.39, 0.29) is 74.9 Å². The molecule has 4 fully saturated rings. The molecule has 0 aromatic heterocycles. The molecule has 1 aliphatic heterocycles. The van der Waals surface area contributed by atoms with E-state index in [9.17, 15) is 31.2 Å². The van der Waals surface area contributed by atoms with Crippen molar-refractivity contribution in [3.63, 3.8) is 0 Å². The van der Waals surface area contributed by atoms with Gasteiger partial charge in [0.05, 0.1) is 24.3 Å². The van der Waals surface area contributed by atoms with Gasteiger partial charge >= 0.3 is 12.3 Å². The van der Waals surface area contributed by atoms with E-state index in [0.29, 0.717) is 19.4 Å². The number of sulfonamides is 1. The highest BCUT2D eigenvalue weighted by atomic mass is 32.2. The summed E-state index contributed by atoms with van der Waals surface area (Å²) in [6.07, 6.45) is -1.62. The molecule has 0 bridgehead atoms. The van der Waals surface area contributed by atoms with Gasteiger partial charge in [-0.3, -0.25) is 4.79 Å². The third-order valence-electron chi connectivity index (χ3n) is 9.36. The van der Waals surface area contributed by atoms with E-state index in [1.807, 2.05) is 0 Å². The third kappa shape index (κ3) is 7.77. The van der Waals surface area contributed by atoms with Gasteiger partial charge in [0.1, 0.15) is 12.3 Å². The van der Waals surface area contributed by atoms with Crippen LogP contribution < -0.4 is 10.0 Å². The van der Waals surface area contributed by atoms with E-state index in [0.717, 1.165) is 25.7 Å². The molecule has 2 N–H and O–H groups in total. The van der Waals surface area contributed by atoms with Crippen molar-refractivity contribution in [3.8, 4) is 0 Å². The van der Waals surface area contributed by atoms with Gasteiger partial charge in [-0.05, 0) is 88.4 Å². The van der Waals surface area contributed by atoms with Crippen molar-refractivity contribution in [3.05, 3.63) is 0 Å². The number of ether oxygens (including phenoxy) is 1. The van der Waals surface area contributed by atoms with Crippen molar-refractivity contribution in [1.82, 2.24) is 14.9 Å². The van der Waals surface area contributed by atoms with E-state index in [1.54, 1.807) is 4.90 Å². The minimum Gasteiger partial charge on any atom is -0.442 e. The molecule has 4 rings (SSSR count). The molecule has 2 amide bonds. The lowest BCUT2D eigenvalue weighted by Gasteiger charge is -2.41. The van der Waals surface area contributed by atoms with Gasteiger partial charge in [-0.2, -0.15) is 13.2 Å². The van der Waals surface area contributed by atoms with Crippen molar-refractivity contribution in [2.75, 3.05) is 19.6 Å². The number of hydrogen-bond acceptors (Lipinski definition) is 5. The molecule has 0 spiro atoms. The Hall–Kier alpha value is -1.63. The average molecular weight is 584 g/mol. The molecule has 1 heterocycles. The van der Waals surface area contributed by atoms with E-state index >= 15 is 4.39 Å². The molecule has 4 aliphatic rings. The monoisotopic (exact) mass is 583 g/mol. The van der Waals surface area contributed by atoms with Crippen LogP contribution in [0.1, 0.15) is 77.6 Å². The van der Waals surface area contributed by atoms with Crippen LogP contribution in [-0.4, -0.2) is 74.7 Å². The first-order chi connectivity index (χ1) is 18.3. The number of cyclic esters (lactones) is 1. The van der Waals surface area contributed by atoms with Gasteiger partial charge in [-0.15, -0.1) is 0 Å². The van der Waals surface area contributed by atoms with Crippen LogP contribution in [0.25, 0.3) is 0 Å². The van der Waals surface area contributed by atoms with Gasteiger partial charge in [-0.1, -0.05) is 0 Å². The van der Waals surface area contributed by atoms with Gasteiger partial charge < -0.3 is 15.0 Å². The number of carbonyl (C=O) groups excluding carboxylic acids is 2. The minimum atomic E-state index is -4.27. The van der Waals surface area contributed by atoms with Crippen molar-refractivity contribution in [1.29, 1.82) is 0 Å². The highest BCUT2D eigenvalue weighted by molar-refractivity contribution is 7.90. The minimum absolute atomic E-state index is 0.0257. The Balaban J connectivity index is 1.17. The predicted octanol–water partition coefficient (Wildman–Crippen LogP) is 4.30. The summed E-state index contributed by atoms with van der Waals surface area (Å²) in [5, 5.41) is 1.87. The summed E-state index contributed by atoms with van der Waals surface area (Å²) in [5.74, 6) is -1.35. The summed E-state index contributed by atoms with van der Waals surface area (Å²) < 4.78 is 87.4. The second-order valence-electron chi connectivity index (χ2n) is 11.9. The molecule has 3 aliphatic carbocycles. The zero-order valence-electron chi connectivity index (χ0n) is 22.4. The molecule has 8 nitrogen and oxygen atoms in total. The van der Waals surface area contributed by atoms with Gasteiger partial charge in [0.15, 0.2) is 0 Å². The summed E-state index contributed by atoms with van der Waals surface area (Å²) >= 11 is 0. The van der Waals surface area contributed by atoms with Crippen molar-refractivity contribution in [2.24, 2.45) is 23.7 Å². The number of nitrogens with one attached hydrogen (secondary N) is 2. The molecule has 3 unspecified atom stereocenters. The largest absolute Gasteiger partial charge is 0.442 e. The number of nitrogens with zero attached hydrogens (tertiary/aromatic N) is 1. The van der Waals surface area contributed by atoms with E-state index < -0.39 is 45.7 Å². The molecule has 3 saturated carbocycles. The van der Waals surface area contributed by atoms with Gasteiger partial charge in [0.2, 0.25) is 15.9 Å². The molecular formula is C26H41F4N3O5S. The van der Waals surface area contributed by atoms with Crippen molar-refractivity contribution < 1.29 is 40.3 Å². The van der Waals surface area contributed by atoms with E-state index in [2.05, 4.69) is 10.0 Å². The quantitative estimate of drug-likeness (QED) is 0.415. The Labute approximate surface area is 228 Å². The maximum absolute atomic E-state index is 15.3. The van der Waals surface area contributed by atoms with Crippen LogP contribution in [0.3, 0.4) is 0 Å². The zero-order valence-corrected chi connectivity index (χ0v) is 23.2. The maximum atomic E-state index is 15.3. The van der Waals surface area contributed by atoms with Crippen LogP contribution in [0, 0.1) is 23.7 Å². The van der Waals surface area contributed by atoms with Crippen LogP contribution in [0.2, 0.25) is 0 Å². The molecule has 13 heteroatoms. The topological polar surface area (TPSA) is 105 Å². The normalized spacial score (nSPS) is 36.4. The molecule has 0 aromatic rings. The average Bonchev–Trinajstić information content (AvgIpc) is 3.26. The molecular weight excluding hydrogens is 542 g/mol. The molecule has 39 heavy (non-hydrogen) atoms. The van der Waals surface area contributed by atoms with Crippen LogP contribution in [-0.2, 0) is 19.6 Å². The van der Waals surface area contributed by atoms with E-state index in [1.165, 1.54) is 6.92 Å². The second kappa shape index (κ2) is 12.5. The number of amides is 2. The Morgan fingerprint density at radius 2 is 1.67 bits per heavy atom. The Kier molecular flexibility index (Phi) is 9.71. The lowest BCUT2D eigenvalue weighted by molar-refractivity contribution is -0.181. The van der Waals surface area contributed by atoms with E-state index in [4.69, 9.17) is 4.74 Å². The summed E-state index contributed by atoms with van der Waals surface area (Å²) in [6, 6.07) is -0.219. The Bertz CT molecular complexity index is 965. The first-order valence-corrected chi connectivity index (χ1v) is 15.8. The van der Waals surface area contributed by atoms with Gasteiger partial charge in [0, 0.05) is 19.5 Å². The molecule has 1 saturated heterocycles. The fourth-order valence-corrected chi connectivity index (χ4v) is 8.61. The fraction of sp³-hybridized carbons (Fsp3) is 0.923. The Morgan fingerprint density at radius 1 is 1.00 bits per heavy atom. The van der Waals surface area contributed by atoms with Crippen LogP contribution in [0.5, 0.6) is 0 Å². The van der Waals surface area contributed by atoms with Crippen LogP contribution in [0.4, 0.5) is 22.4 Å². The maximum Gasteiger partial charge on any atom is 0.410 e. The highest BCUT2D eigenvalue weighted by Crippen LogP contribution is 2.43. The van der Waals surface area contributed by atoms with Crippen LogP contribution in [0.15, 0.2) is 0 Å². The molecule has 0 radical (unpaired) electrons. The molecule has 0 aromatic carbocycles. The Morgan fingerprint density at radius 3 is 2.26 bits per heavy atom. The third-order valence-corrected chi connectivity index (χ3v) is 11.3. The fourth-order valence-electron chi connectivity index (χ4n) is 7.01. The molecule has 224 valence electrons. The second-order valence-corrected chi connectivity index (χ2v) is 14.0. The summed E-state index contributed by atoms with van der Waals surface area (Å²) in [6.45, 7) is 2.25. The number of alkyl halides is 4. The lowest BCUT2D eigenvalue weighted by Crippen LogP contribution is -2.45. The number of carbonyl (C=O) groups is 2. The zero-order chi connectivity index (χ0) is 28.4. The summed E-state index contributed by atoms with van der Waals surface area (Å²) in [4.78, 5) is 25.0. The number of rotatable bonds is 8. The smallest absolute Gasteiger partial charge is 0.410 e.